The van der Waals surface area contributed by atoms with E-state index in [0.717, 1.165) is 6.07 Å². The molecule has 14 heavy (non-hydrogen) atoms. The summed E-state index contributed by atoms with van der Waals surface area (Å²) in [5, 5.41) is 2.89. The minimum atomic E-state index is -0.583. The molecule has 1 N–H and O–H groups in total. The largest absolute Gasteiger partial charge is 0.316 e. The Balaban J connectivity index is 2.96. The average Bonchev–Trinajstić information content (AvgIpc) is 2.09. The lowest BCUT2D eigenvalue weighted by Gasteiger charge is -2.00. The lowest BCUT2D eigenvalue weighted by molar-refractivity contribution is 0.580. The van der Waals surface area contributed by atoms with Crippen LogP contribution in [0.4, 0.5) is 8.78 Å². The number of benzene rings is 1. The molecule has 0 radical (unpaired) electrons. The van der Waals surface area contributed by atoms with Crippen LogP contribution in [0, 0.1) is 11.6 Å². The van der Waals surface area contributed by atoms with Gasteiger partial charge in [0.2, 0.25) is 0 Å². The standard InChI is InChI=1S/C10H10BrF2N/c1-14-4-2-3-8-9(11)5-7(12)6-10(8)13/h2-3,5-6,14H,4H2,1H3. The maximum atomic E-state index is 13.2. The summed E-state index contributed by atoms with van der Waals surface area (Å²) in [6, 6.07) is 2.10. The van der Waals surface area contributed by atoms with Crippen molar-refractivity contribution in [1.82, 2.24) is 5.32 Å². The molecule has 0 aromatic heterocycles. The Bertz CT molecular complexity index is 327. The van der Waals surface area contributed by atoms with E-state index in [9.17, 15) is 8.78 Å². The van der Waals surface area contributed by atoms with Crippen molar-refractivity contribution in [3.63, 3.8) is 0 Å². The summed E-state index contributed by atoms with van der Waals surface area (Å²) in [4.78, 5) is 0. The van der Waals surface area contributed by atoms with Gasteiger partial charge in [0.1, 0.15) is 11.6 Å². The second kappa shape index (κ2) is 5.22. The van der Waals surface area contributed by atoms with E-state index in [1.807, 2.05) is 0 Å². The van der Waals surface area contributed by atoms with Crippen molar-refractivity contribution >= 4 is 22.0 Å². The Labute approximate surface area is 90.0 Å². The molecule has 1 aromatic carbocycles. The van der Waals surface area contributed by atoms with Crippen LogP contribution in [0.2, 0.25) is 0 Å². The number of nitrogens with one attached hydrogen (secondary N) is 1. The molecule has 1 aromatic rings. The molecule has 0 fully saturated rings. The van der Waals surface area contributed by atoms with Crippen LogP contribution in [-0.4, -0.2) is 13.6 Å². The first kappa shape index (κ1) is 11.3. The second-order valence-electron chi connectivity index (χ2n) is 2.74. The first-order valence-electron chi connectivity index (χ1n) is 4.11. The maximum absolute atomic E-state index is 13.2. The SMILES string of the molecule is CNCC=Cc1c(F)cc(F)cc1Br. The smallest absolute Gasteiger partial charge is 0.134 e. The predicted molar refractivity (Wildman–Crippen MR) is 57.0 cm³/mol. The summed E-state index contributed by atoms with van der Waals surface area (Å²) >= 11 is 3.10. The minimum Gasteiger partial charge on any atom is -0.316 e. The van der Waals surface area contributed by atoms with Crippen LogP contribution < -0.4 is 5.32 Å². The maximum Gasteiger partial charge on any atom is 0.134 e. The lowest BCUT2D eigenvalue weighted by atomic mass is 10.2. The molecule has 0 spiro atoms. The molecule has 0 aliphatic rings. The van der Waals surface area contributed by atoms with Crippen molar-refractivity contribution in [2.75, 3.05) is 13.6 Å². The monoisotopic (exact) mass is 261 g/mol. The highest BCUT2D eigenvalue weighted by atomic mass is 79.9. The first-order chi connectivity index (χ1) is 6.65. The number of hydrogen-bond acceptors (Lipinski definition) is 1. The summed E-state index contributed by atoms with van der Waals surface area (Å²) in [5.74, 6) is -1.15. The first-order valence-corrected chi connectivity index (χ1v) is 4.90. The summed E-state index contributed by atoms with van der Waals surface area (Å²) in [6.07, 6.45) is 3.37. The highest BCUT2D eigenvalue weighted by Crippen LogP contribution is 2.22. The van der Waals surface area contributed by atoms with E-state index in [1.165, 1.54) is 6.07 Å². The van der Waals surface area contributed by atoms with Gasteiger partial charge in [-0.25, -0.2) is 8.78 Å². The number of halogens is 3. The van der Waals surface area contributed by atoms with Gasteiger partial charge in [-0.15, -0.1) is 0 Å². The molecule has 0 saturated carbocycles. The Kier molecular flexibility index (Phi) is 4.22. The summed E-state index contributed by atoms with van der Waals surface area (Å²) in [5.41, 5.74) is 0.363. The molecule has 0 bridgehead atoms. The van der Waals surface area contributed by atoms with Gasteiger partial charge in [0, 0.05) is 22.6 Å². The summed E-state index contributed by atoms with van der Waals surface area (Å²) < 4.78 is 26.3. The third kappa shape index (κ3) is 2.89. The van der Waals surface area contributed by atoms with Crippen molar-refractivity contribution in [3.8, 4) is 0 Å². The van der Waals surface area contributed by atoms with Gasteiger partial charge >= 0.3 is 0 Å². The normalized spacial score (nSPS) is 11.1. The average molecular weight is 262 g/mol. The van der Waals surface area contributed by atoms with Crippen molar-refractivity contribution in [3.05, 3.63) is 39.9 Å². The fourth-order valence-corrected chi connectivity index (χ4v) is 1.55. The van der Waals surface area contributed by atoms with Gasteiger partial charge in [0.05, 0.1) is 0 Å². The quantitative estimate of drug-likeness (QED) is 0.883. The van der Waals surface area contributed by atoms with Crippen molar-refractivity contribution in [2.24, 2.45) is 0 Å². The van der Waals surface area contributed by atoms with E-state index in [1.54, 1.807) is 19.2 Å². The van der Waals surface area contributed by atoms with Crippen LogP contribution in [0.1, 0.15) is 5.56 Å². The fourth-order valence-electron chi connectivity index (χ4n) is 1.01. The Morgan fingerprint density at radius 2 is 2.14 bits per heavy atom. The lowest BCUT2D eigenvalue weighted by Crippen LogP contribution is -2.03. The van der Waals surface area contributed by atoms with Gasteiger partial charge in [0.25, 0.3) is 0 Å². The molecule has 0 aliphatic heterocycles. The minimum absolute atomic E-state index is 0.363. The topological polar surface area (TPSA) is 12.0 Å². The van der Waals surface area contributed by atoms with E-state index >= 15 is 0 Å². The molecule has 76 valence electrons. The highest BCUT2D eigenvalue weighted by Gasteiger charge is 2.05. The second-order valence-corrected chi connectivity index (χ2v) is 3.60. The number of hydrogen-bond donors (Lipinski definition) is 1. The highest BCUT2D eigenvalue weighted by molar-refractivity contribution is 9.10. The van der Waals surface area contributed by atoms with E-state index in [2.05, 4.69) is 21.2 Å². The van der Waals surface area contributed by atoms with Crippen molar-refractivity contribution < 1.29 is 8.78 Å². The van der Waals surface area contributed by atoms with Gasteiger partial charge in [-0.1, -0.05) is 12.2 Å². The molecule has 0 saturated heterocycles. The Morgan fingerprint density at radius 3 is 2.71 bits per heavy atom. The van der Waals surface area contributed by atoms with Crippen LogP contribution in [0.25, 0.3) is 6.08 Å². The fraction of sp³-hybridized carbons (Fsp3) is 0.200. The molecule has 0 aliphatic carbocycles. The number of rotatable bonds is 3. The molecule has 1 rings (SSSR count). The Hall–Kier alpha value is -0.740. The molecule has 1 nitrogen and oxygen atoms in total. The summed E-state index contributed by atoms with van der Waals surface area (Å²) in [7, 11) is 1.79. The third-order valence-corrected chi connectivity index (χ3v) is 2.31. The van der Waals surface area contributed by atoms with Gasteiger partial charge in [-0.05, 0) is 29.0 Å². The molecule has 4 heteroatoms. The molecular weight excluding hydrogens is 252 g/mol. The summed E-state index contributed by atoms with van der Waals surface area (Å²) in [6.45, 7) is 0.642. The van der Waals surface area contributed by atoms with Crippen LogP contribution in [0.3, 0.4) is 0 Å². The molecular formula is C10H10BrF2N. The van der Waals surface area contributed by atoms with Crippen molar-refractivity contribution in [1.29, 1.82) is 0 Å². The Morgan fingerprint density at radius 1 is 1.43 bits per heavy atom. The van der Waals surface area contributed by atoms with E-state index in [-0.39, 0.29) is 0 Å². The molecule has 0 atom stereocenters. The van der Waals surface area contributed by atoms with E-state index in [4.69, 9.17) is 0 Å². The predicted octanol–water partition coefficient (Wildman–Crippen LogP) is 2.96. The van der Waals surface area contributed by atoms with Crippen LogP contribution in [0.5, 0.6) is 0 Å². The van der Waals surface area contributed by atoms with Crippen LogP contribution in [-0.2, 0) is 0 Å². The third-order valence-electron chi connectivity index (χ3n) is 1.65. The van der Waals surface area contributed by atoms with Crippen LogP contribution >= 0.6 is 15.9 Å². The van der Waals surface area contributed by atoms with E-state index in [0.29, 0.717) is 16.6 Å². The molecule has 0 unspecified atom stereocenters. The number of likely N-dealkylation sites (N-methyl/N-ethyl adjacent to an activating group) is 1. The van der Waals surface area contributed by atoms with Crippen molar-refractivity contribution in [2.45, 2.75) is 0 Å². The van der Waals surface area contributed by atoms with Gasteiger partial charge < -0.3 is 5.32 Å². The van der Waals surface area contributed by atoms with E-state index < -0.39 is 11.6 Å². The molecule has 0 amide bonds. The van der Waals surface area contributed by atoms with Gasteiger partial charge in [0.15, 0.2) is 0 Å². The van der Waals surface area contributed by atoms with Gasteiger partial charge in [-0.3, -0.25) is 0 Å². The zero-order valence-corrected chi connectivity index (χ0v) is 9.24. The zero-order valence-electron chi connectivity index (χ0n) is 7.65. The zero-order chi connectivity index (χ0) is 10.6. The van der Waals surface area contributed by atoms with Gasteiger partial charge in [-0.2, -0.15) is 0 Å². The molecule has 0 heterocycles. The van der Waals surface area contributed by atoms with Crippen LogP contribution in [0.15, 0.2) is 22.7 Å².